The molecule has 0 radical (unpaired) electrons. The van der Waals surface area contributed by atoms with Crippen LogP contribution in [0.4, 0.5) is 0 Å². The molecule has 0 aromatic carbocycles. The molecule has 0 aromatic heterocycles. The Hall–Kier alpha value is -0.610. The zero-order chi connectivity index (χ0) is 8.69. The summed E-state index contributed by atoms with van der Waals surface area (Å²) >= 11 is 0. The van der Waals surface area contributed by atoms with E-state index in [0.29, 0.717) is 0 Å². The third-order valence-electron chi connectivity index (χ3n) is 1.35. The first-order valence-electron chi connectivity index (χ1n) is 3.63. The monoisotopic (exact) mass is 161 g/mol. The Morgan fingerprint density at radius 2 is 2.36 bits per heavy atom. The fraction of sp³-hybridized carbons (Fsp3) is 0.857. The summed E-state index contributed by atoms with van der Waals surface area (Å²) in [6.45, 7) is 1.93. The van der Waals surface area contributed by atoms with Gasteiger partial charge in [0.2, 0.25) is 5.91 Å². The highest BCUT2D eigenvalue weighted by Crippen LogP contribution is 1.87. The molecule has 66 valence electrons. The number of aliphatic hydroxyl groups excluding tert-OH is 1. The first kappa shape index (κ1) is 10.4. The summed E-state index contributed by atoms with van der Waals surface area (Å²) in [4.78, 5) is 10.8. The lowest BCUT2D eigenvalue weighted by Gasteiger charge is -2.12. The largest absolute Gasteiger partial charge is 0.394 e. The first-order chi connectivity index (χ1) is 5.24. The van der Waals surface area contributed by atoms with Crippen LogP contribution in [0, 0.1) is 0 Å². The van der Waals surface area contributed by atoms with E-state index in [1.165, 1.54) is 7.11 Å². The maximum atomic E-state index is 10.8. The van der Waals surface area contributed by atoms with Crippen molar-refractivity contribution in [2.45, 2.75) is 19.4 Å². The SMILES string of the molecule is CC[C@H](CO)NC(=O)COC. The second-order valence-electron chi connectivity index (χ2n) is 2.29. The molecule has 0 aliphatic heterocycles. The summed E-state index contributed by atoms with van der Waals surface area (Å²) in [5.74, 6) is -0.187. The number of carbonyl (C=O) groups excluding carboxylic acids is 1. The molecule has 0 saturated carbocycles. The molecule has 1 atom stereocenters. The van der Waals surface area contributed by atoms with Gasteiger partial charge in [0.05, 0.1) is 12.6 Å². The summed E-state index contributed by atoms with van der Waals surface area (Å²) < 4.78 is 4.60. The molecule has 4 nitrogen and oxygen atoms in total. The van der Waals surface area contributed by atoms with Crippen LogP contribution in [0.5, 0.6) is 0 Å². The number of rotatable bonds is 5. The molecule has 0 fully saturated rings. The average Bonchev–Trinajstić information content (AvgIpc) is 2.01. The molecule has 0 aromatic rings. The van der Waals surface area contributed by atoms with Gasteiger partial charge in [-0.2, -0.15) is 0 Å². The quantitative estimate of drug-likeness (QED) is 0.572. The average molecular weight is 161 g/mol. The van der Waals surface area contributed by atoms with Gasteiger partial charge in [0.25, 0.3) is 0 Å². The predicted octanol–water partition coefficient (Wildman–Crippen LogP) is -0.480. The van der Waals surface area contributed by atoms with Gasteiger partial charge in [-0.05, 0) is 6.42 Å². The molecule has 2 N–H and O–H groups in total. The third-order valence-corrected chi connectivity index (χ3v) is 1.35. The van der Waals surface area contributed by atoms with Crippen molar-refractivity contribution in [1.29, 1.82) is 0 Å². The molecule has 0 aliphatic rings. The Morgan fingerprint density at radius 3 is 2.73 bits per heavy atom. The Labute approximate surface area is 66.5 Å². The molecule has 1 amide bonds. The van der Waals surface area contributed by atoms with Crippen LogP contribution < -0.4 is 5.32 Å². The number of carbonyl (C=O) groups is 1. The topological polar surface area (TPSA) is 58.6 Å². The van der Waals surface area contributed by atoms with Gasteiger partial charge in [-0.25, -0.2) is 0 Å². The van der Waals surface area contributed by atoms with E-state index in [4.69, 9.17) is 5.11 Å². The lowest BCUT2D eigenvalue weighted by atomic mass is 10.2. The summed E-state index contributed by atoms with van der Waals surface area (Å²) in [6.07, 6.45) is 0.728. The van der Waals surface area contributed by atoms with Crippen LogP contribution in [0.25, 0.3) is 0 Å². The Balaban J connectivity index is 3.54. The van der Waals surface area contributed by atoms with Gasteiger partial charge in [-0.15, -0.1) is 0 Å². The van der Waals surface area contributed by atoms with Gasteiger partial charge in [-0.3, -0.25) is 4.79 Å². The molecular weight excluding hydrogens is 146 g/mol. The minimum atomic E-state index is -0.187. The van der Waals surface area contributed by atoms with Crippen LogP contribution in [0.3, 0.4) is 0 Å². The Kier molecular flexibility index (Phi) is 5.78. The summed E-state index contributed by atoms with van der Waals surface area (Å²) in [5, 5.41) is 11.3. The van der Waals surface area contributed by atoms with E-state index in [1.54, 1.807) is 0 Å². The number of hydrogen-bond donors (Lipinski definition) is 2. The normalized spacial score (nSPS) is 12.6. The standard InChI is InChI=1S/C7H15NO3/c1-3-6(4-9)8-7(10)5-11-2/h6,9H,3-5H2,1-2H3,(H,8,10)/t6-/m1/s1. The molecule has 0 bridgehead atoms. The highest BCUT2D eigenvalue weighted by Gasteiger charge is 2.07. The van der Waals surface area contributed by atoms with E-state index < -0.39 is 0 Å². The number of aliphatic hydroxyl groups is 1. The van der Waals surface area contributed by atoms with Crippen LogP contribution in [0.1, 0.15) is 13.3 Å². The second kappa shape index (κ2) is 6.12. The molecule has 0 aliphatic carbocycles. The van der Waals surface area contributed by atoms with Gasteiger partial charge in [0.1, 0.15) is 6.61 Å². The maximum Gasteiger partial charge on any atom is 0.246 e. The van der Waals surface area contributed by atoms with E-state index in [9.17, 15) is 4.79 Å². The van der Waals surface area contributed by atoms with Gasteiger partial charge >= 0.3 is 0 Å². The van der Waals surface area contributed by atoms with Crippen LogP contribution in [-0.2, 0) is 9.53 Å². The highest BCUT2D eigenvalue weighted by molar-refractivity contribution is 5.77. The van der Waals surface area contributed by atoms with Crippen LogP contribution in [0.2, 0.25) is 0 Å². The Morgan fingerprint density at radius 1 is 1.73 bits per heavy atom. The molecule has 4 heteroatoms. The number of amides is 1. The van der Waals surface area contributed by atoms with E-state index in [-0.39, 0.29) is 25.2 Å². The van der Waals surface area contributed by atoms with Gasteiger partial charge < -0.3 is 15.2 Å². The van der Waals surface area contributed by atoms with Crippen molar-refractivity contribution in [2.75, 3.05) is 20.3 Å². The van der Waals surface area contributed by atoms with Crippen molar-refractivity contribution >= 4 is 5.91 Å². The van der Waals surface area contributed by atoms with Crippen molar-refractivity contribution in [1.82, 2.24) is 5.32 Å². The lowest BCUT2D eigenvalue weighted by molar-refractivity contribution is -0.125. The van der Waals surface area contributed by atoms with Gasteiger partial charge in [-0.1, -0.05) is 6.92 Å². The number of methoxy groups -OCH3 is 1. The van der Waals surface area contributed by atoms with E-state index >= 15 is 0 Å². The third kappa shape index (κ3) is 4.75. The second-order valence-corrected chi connectivity index (χ2v) is 2.29. The minimum Gasteiger partial charge on any atom is -0.394 e. The van der Waals surface area contributed by atoms with Gasteiger partial charge in [0.15, 0.2) is 0 Å². The molecule has 0 spiro atoms. The summed E-state index contributed by atoms with van der Waals surface area (Å²) in [6, 6.07) is -0.141. The zero-order valence-electron chi connectivity index (χ0n) is 6.96. The fourth-order valence-electron chi connectivity index (χ4n) is 0.677. The van der Waals surface area contributed by atoms with E-state index in [0.717, 1.165) is 6.42 Å². The van der Waals surface area contributed by atoms with Crippen LogP contribution in [-0.4, -0.2) is 37.4 Å². The predicted molar refractivity (Wildman–Crippen MR) is 41.2 cm³/mol. The summed E-state index contributed by atoms with van der Waals surface area (Å²) in [7, 11) is 1.46. The van der Waals surface area contributed by atoms with Crippen molar-refractivity contribution < 1.29 is 14.6 Å². The molecular formula is C7H15NO3. The smallest absolute Gasteiger partial charge is 0.246 e. The molecule has 0 heterocycles. The number of hydrogen-bond acceptors (Lipinski definition) is 3. The van der Waals surface area contributed by atoms with E-state index in [2.05, 4.69) is 10.1 Å². The highest BCUT2D eigenvalue weighted by atomic mass is 16.5. The molecule has 0 unspecified atom stereocenters. The minimum absolute atomic E-state index is 0.0219. The van der Waals surface area contributed by atoms with Crippen molar-refractivity contribution in [3.05, 3.63) is 0 Å². The molecule has 0 rings (SSSR count). The molecule has 11 heavy (non-hydrogen) atoms. The first-order valence-corrected chi connectivity index (χ1v) is 3.63. The van der Waals surface area contributed by atoms with Crippen molar-refractivity contribution in [3.8, 4) is 0 Å². The Bertz CT molecular complexity index is 112. The molecule has 0 saturated heterocycles. The van der Waals surface area contributed by atoms with E-state index in [1.807, 2.05) is 6.92 Å². The zero-order valence-corrected chi connectivity index (χ0v) is 6.96. The van der Waals surface area contributed by atoms with Gasteiger partial charge in [0, 0.05) is 7.11 Å². The lowest BCUT2D eigenvalue weighted by Crippen LogP contribution is -2.38. The maximum absolute atomic E-state index is 10.8. The van der Waals surface area contributed by atoms with Crippen LogP contribution >= 0.6 is 0 Å². The van der Waals surface area contributed by atoms with Crippen LogP contribution in [0.15, 0.2) is 0 Å². The number of nitrogens with one attached hydrogen (secondary N) is 1. The van der Waals surface area contributed by atoms with Crippen molar-refractivity contribution in [2.24, 2.45) is 0 Å². The number of ether oxygens (including phenoxy) is 1. The summed E-state index contributed by atoms with van der Waals surface area (Å²) in [5.41, 5.74) is 0. The van der Waals surface area contributed by atoms with Crippen molar-refractivity contribution in [3.63, 3.8) is 0 Å². The fourth-order valence-corrected chi connectivity index (χ4v) is 0.677.